The summed E-state index contributed by atoms with van der Waals surface area (Å²) in [5.41, 5.74) is 1.25. The van der Waals surface area contributed by atoms with E-state index >= 15 is 0 Å². The molecule has 1 unspecified atom stereocenters. The highest BCUT2D eigenvalue weighted by atomic mass is 35.5. The van der Waals surface area contributed by atoms with Crippen molar-refractivity contribution in [1.82, 2.24) is 5.32 Å². The summed E-state index contributed by atoms with van der Waals surface area (Å²) in [7, 11) is 0. The minimum atomic E-state index is -1.13. The largest absolute Gasteiger partial charge is 0.369 e. The Balaban J connectivity index is 2.29. The lowest BCUT2D eigenvalue weighted by molar-refractivity contribution is -0.113. The standard InChI is InChI=1S/C15H12ClN3O2/c1-2-9-6-10(14(20)18-8-9)15(21)19-13-5-3-4-12(16)11(13)7-17/h2-6,8,14,18,20H,1H2,(H,19,21). The van der Waals surface area contributed by atoms with Gasteiger partial charge in [-0.15, -0.1) is 0 Å². The molecule has 5 nitrogen and oxygen atoms in total. The Morgan fingerprint density at radius 3 is 3.00 bits per heavy atom. The van der Waals surface area contributed by atoms with E-state index in [1.165, 1.54) is 6.08 Å². The van der Waals surface area contributed by atoms with Crippen LogP contribution in [0, 0.1) is 11.3 Å². The highest BCUT2D eigenvalue weighted by Crippen LogP contribution is 2.24. The lowest BCUT2D eigenvalue weighted by atomic mass is 10.1. The zero-order chi connectivity index (χ0) is 15.4. The summed E-state index contributed by atoms with van der Waals surface area (Å²) in [6, 6.07) is 6.68. The molecule has 0 spiro atoms. The summed E-state index contributed by atoms with van der Waals surface area (Å²) in [5.74, 6) is -0.527. The Hall–Kier alpha value is -2.55. The summed E-state index contributed by atoms with van der Waals surface area (Å²) in [6.07, 6.45) is 3.49. The summed E-state index contributed by atoms with van der Waals surface area (Å²) >= 11 is 5.90. The van der Waals surface area contributed by atoms with Crippen LogP contribution in [0.2, 0.25) is 5.02 Å². The van der Waals surface area contributed by atoms with Crippen molar-refractivity contribution in [2.24, 2.45) is 0 Å². The molecule has 0 radical (unpaired) electrons. The van der Waals surface area contributed by atoms with Crippen LogP contribution in [0.3, 0.4) is 0 Å². The minimum Gasteiger partial charge on any atom is -0.369 e. The molecule has 1 heterocycles. The van der Waals surface area contributed by atoms with Crippen LogP contribution in [0.25, 0.3) is 0 Å². The van der Waals surface area contributed by atoms with Crippen molar-refractivity contribution in [3.63, 3.8) is 0 Å². The van der Waals surface area contributed by atoms with Gasteiger partial charge >= 0.3 is 0 Å². The van der Waals surface area contributed by atoms with Crippen molar-refractivity contribution in [3.05, 3.63) is 64.9 Å². The molecule has 2 rings (SSSR count). The van der Waals surface area contributed by atoms with Crippen LogP contribution in [-0.2, 0) is 4.79 Å². The molecule has 21 heavy (non-hydrogen) atoms. The normalized spacial score (nSPS) is 16.9. The highest BCUT2D eigenvalue weighted by Gasteiger charge is 2.22. The maximum absolute atomic E-state index is 12.2. The van der Waals surface area contributed by atoms with Gasteiger partial charge in [0.05, 0.1) is 21.8 Å². The number of nitriles is 1. The number of aliphatic hydroxyl groups excluding tert-OH is 1. The molecule has 0 bridgehead atoms. The summed E-state index contributed by atoms with van der Waals surface area (Å²) in [5, 5.41) is 24.3. The predicted octanol–water partition coefficient (Wildman–Crippen LogP) is 2.07. The molecule has 106 valence electrons. The number of hydrogen-bond acceptors (Lipinski definition) is 4. The Morgan fingerprint density at radius 1 is 1.57 bits per heavy atom. The van der Waals surface area contributed by atoms with Gasteiger partial charge in [0.15, 0.2) is 6.23 Å². The number of rotatable bonds is 3. The Bertz CT molecular complexity index is 701. The van der Waals surface area contributed by atoms with Crippen LogP contribution >= 0.6 is 11.6 Å². The number of hydrogen-bond donors (Lipinski definition) is 3. The number of carbonyl (C=O) groups is 1. The molecule has 1 aliphatic rings. The first-order valence-electron chi connectivity index (χ1n) is 6.05. The maximum atomic E-state index is 12.2. The van der Waals surface area contributed by atoms with E-state index in [0.717, 1.165) is 0 Å². The molecule has 0 saturated heterocycles. The fraction of sp³-hybridized carbons (Fsp3) is 0.0667. The van der Waals surface area contributed by atoms with E-state index in [0.29, 0.717) is 5.57 Å². The van der Waals surface area contributed by atoms with E-state index in [-0.39, 0.29) is 21.8 Å². The number of allylic oxidation sites excluding steroid dienone is 3. The van der Waals surface area contributed by atoms with Crippen LogP contribution in [0.1, 0.15) is 5.56 Å². The number of amides is 1. The second-order valence-electron chi connectivity index (χ2n) is 4.25. The van der Waals surface area contributed by atoms with Gasteiger partial charge in [0.1, 0.15) is 6.07 Å². The average molecular weight is 302 g/mol. The van der Waals surface area contributed by atoms with E-state index < -0.39 is 12.1 Å². The molecule has 1 amide bonds. The number of nitrogens with zero attached hydrogens (tertiary/aromatic N) is 1. The minimum absolute atomic E-state index is 0.122. The third-order valence-electron chi connectivity index (χ3n) is 2.90. The molecule has 0 aromatic heterocycles. The molecule has 1 atom stereocenters. The quantitative estimate of drug-likeness (QED) is 0.798. The van der Waals surface area contributed by atoms with Crippen LogP contribution in [-0.4, -0.2) is 17.2 Å². The van der Waals surface area contributed by atoms with E-state index in [1.54, 1.807) is 30.5 Å². The SMILES string of the molecule is C=CC1=CNC(O)C(C(=O)Nc2cccc(Cl)c2C#N)=C1. The monoisotopic (exact) mass is 301 g/mol. The molecule has 6 heteroatoms. The van der Waals surface area contributed by atoms with Crippen molar-refractivity contribution < 1.29 is 9.90 Å². The maximum Gasteiger partial charge on any atom is 0.256 e. The third-order valence-corrected chi connectivity index (χ3v) is 3.21. The number of halogens is 1. The van der Waals surface area contributed by atoms with Crippen LogP contribution in [0.5, 0.6) is 0 Å². The average Bonchev–Trinajstić information content (AvgIpc) is 2.48. The first kappa shape index (κ1) is 14.9. The second-order valence-corrected chi connectivity index (χ2v) is 4.65. The summed E-state index contributed by atoms with van der Waals surface area (Å²) < 4.78 is 0. The second kappa shape index (κ2) is 6.27. The van der Waals surface area contributed by atoms with Gasteiger partial charge in [-0.3, -0.25) is 4.79 Å². The van der Waals surface area contributed by atoms with Crippen LogP contribution in [0.15, 0.2) is 54.3 Å². The van der Waals surface area contributed by atoms with Gasteiger partial charge in [-0.2, -0.15) is 5.26 Å². The van der Waals surface area contributed by atoms with Crippen molar-refractivity contribution >= 4 is 23.2 Å². The predicted molar refractivity (Wildman–Crippen MR) is 80.3 cm³/mol. The zero-order valence-corrected chi connectivity index (χ0v) is 11.7. The smallest absolute Gasteiger partial charge is 0.256 e. The van der Waals surface area contributed by atoms with Gasteiger partial charge in [-0.1, -0.05) is 30.3 Å². The molecule has 0 saturated carbocycles. The van der Waals surface area contributed by atoms with E-state index in [1.807, 2.05) is 6.07 Å². The first-order valence-corrected chi connectivity index (χ1v) is 6.43. The van der Waals surface area contributed by atoms with Crippen molar-refractivity contribution in [3.8, 4) is 6.07 Å². The number of carbonyl (C=O) groups excluding carboxylic acids is 1. The first-order chi connectivity index (χ1) is 10.1. The number of benzene rings is 1. The number of dihydropyridines is 1. The molecular weight excluding hydrogens is 290 g/mol. The van der Waals surface area contributed by atoms with Crippen LogP contribution in [0.4, 0.5) is 5.69 Å². The number of aliphatic hydroxyl groups is 1. The Labute approximate surface area is 126 Å². The van der Waals surface area contributed by atoms with Crippen molar-refractivity contribution in [2.45, 2.75) is 6.23 Å². The lowest BCUT2D eigenvalue weighted by Crippen LogP contribution is -2.35. The van der Waals surface area contributed by atoms with Gasteiger partial charge in [-0.25, -0.2) is 0 Å². The number of nitrogens with one attached hydrogen (secondary N) is 2. The van der Waals surface area contributed by atoms with Gasteiger partial charge in [0.2, 0.25) is 0 Å². The molecule has 3 N–H and O–H groups in total. The van der Waals surface area contributed by atoms with Crippen molar-refractivity contribution in [2.75, 3.05) is 5.32 Å². The van der Waals surface area contributed by atoms with Gasteiger partial charge in [0, 0.05) is 6.20 Å². The Kier molecular flexibility index (Phi) is 4.43. The van der Waals surface area contributed by atoms with E-state index in [2.05, 4.69) is 17.2 Å². The van der Waals surface area contributed by atoms with Gasteiger partial charge in [-0.05, 0) is 23.8 Å². The molecular formula is C15H12ClN3O2. The fourth-order valence-electron chi connectivity index (χ4n) is 1.81. The highest BCUT2D eigenvalue weighted by molar-refractivity contribution is 6.32. The van der Waals surface area contributed by atoms with E-state index in [9.17, 15) is 9.90 Å². The van der Waals surface area contributed by atoms with Gasteiger partial charge < -0.3 is 15.7 Å². The summed E-state index contributed by atoms with van der Waals surface area (Å²) in [4.78, 5) is 12.2. The van der Waals surface area contributed by atoms with Crippen molar-refractivity contribution in [1.29, 1.82) is 5.26 Å². The number of anilines is 1. The van der Waals surface area contributed by atoms with E-state index in [4.69, 9.17) is 16.9 Å². The lowest BCUT2D eigenvalue weighted by Gasteiger charge is -2.20. The summed E-state index contributed by atoms with van der Waals surface area (Å²) in [6.45, 7) is 3.60. The Morgan fingerprint density at radius 2 is 2.33 bits per heavy atom. The van der Waals surface area contributed by atoms with Crippen LogP contribution < -0.4 is 10.6 Å². The zero-order valence-electron chi connectivity index (χ0n) is 10.9. The molecule has 1 aromatic rings. The molecule has 0 fully saturated rings. The molecule has 1 aliphatic heterocycles. The fourth-order valence-corrected chi connectivity index (χ4v) is 2.03. The molecule has 0 aliphatic carbocycles. The van der Waals surface area contributed by atoms with Gasteiger partial charge in [0.25, 0.3) is 5.91 Å². The third kappa shape index (κ3) is 3.14. The molecule has 1 aromatic carbocycles. The topological polar surface area (TPSA) is 85.2 Å².